The zero-order valence-electron chi connectivity index (χ0n) is 14.6. The molecule has 24 heavy (non-hydrogen) atoms. The van der Waals surface area contributed by atoms with Crippen LogP contribution in [0, 0.1) is 0 Å². The highest BCUT2D eigenvalue weighted by atomic mass is 16.2. The molecule has 0 aliphatic rings. The van der Waals surface area contributed by atoms with Crippen molar-refractivity contribution in [1.82, 2.24) is 15.2 Å². The normalized spacial score (nSPS) is 12.7. The molecule has 0 aliphatic carbocycles. The van der Waals surface area contributed by atoms with E-state index in [1.165, 1.54) is 11.1 Å². The van der Waals surface area contributed by atoms with Gasteiger partial charge in [-0.2, -0.15) is 0 Å². The van der Waals surface area contributed by atoms with E-state index in [-0.39, 0.29) is 22.9 Å². The van der Waals surface area contributed by atoms with Crippen LogP contribution in [0.1, 0.15) is 38.1 Å². The summed E-state index contributed by atoms with van der Waals surface area (Å²) in [5.41, 5.74) is -0.258. The Morgan fingerprint density at radius 1 is 1.17 bits per heavy atom. The SMILES string of the molecule is C[C@H](C(=O)NC(C)(C)C)N(C)C(=O)c1c[nH]c(=O)c2ccccc12. The molecule has 1 heterocycles. The topological polar surface area (TPSA) is 82.3 Å². The minimum Gasteiger partial charge on any atom is -0.350 e. The lowest BCUT2D eigenvalue weighted by Gasteiger charge is -2.28. The van der Waals surface area contributed by atoms with Crippen LogP contribution in [-0.2, 0) is 4.79 Å². The van der Waals surface area contributed by atoms with E-state index in [2.05, 4.69) is 10.3 Å². The maximum absolute atomic E-state index is 12.8. The van der Waals surface area contributed by atoms with E-state index < -0.39 is 6.04 Å². The average molecular weight is 329 g/mol. The number of benzene rings is 1. The molecular formula is C18H23N3O3. The van der Waals surface area contributed by atoms with Crippen molar-refractivity contribution < 1.29 is 9.59 Å². The van der Waals surface area contributed by atoms with Crippen molar-refractivity contribution in [2.24, 2.45) is 0 Å². The monoisotopic (exact) mass is 329 g/mol. The summed E-state index contributed by atoms with van der Waals surface area (Å²) in [5, 5.41) is 3.88. The van der Waals surface area contributed by atoms with E-state index >= 15 is 0 Å². The van der Waals surface area contributed by atoms with Gasteiger partial charge in [0, 0.05) is 29.6 Å². The average Bonchev–Trinajstić information content (AvgIpc) is 2.52. The summed E-state index contributed by atoms with van der Waals surface area (Å²) in [6.07, 6.45) is 1.40. The van der Waals surface area contributed by atoms with Gasteiger partial charge in [0.2, 0.25) is 5.91 Å². The summed E-state index contributed by atoms with van der Waals surface area (Å²) in [6, 6.07) is 6.28. The zero-order valence-corrected chi connectivity index (χ0v) is 14.6. The van der Waals surface area contributed by atoms with E-state index in [1.54, 1.807) is 38.2 Å². The van der Waals surface area contributed by atoms with Gasteiger partial charge in [-0.15, -0.1) is 0 Å². The largest absolute Gasteiger partial charge is 0.350 e. The summed E-state index contributed by atoms with van der Waals surface area (Å²) in [4.78, 5) is 40.9. The predicted molar refractivity (Wildman–Crippen MR) is 94.0 cm³/mol. The third-order valence-corrected chi connectivity index (χ3v) is 3.82. The molecule has 6 nitrogen and oxygen atoms in total. The van der Waals surface area contributed by atoms with E-state index in [9.17, 15) is 14.4 Å². The lowest BCUT2D eigenvalue weighted by molar-refractivity contribution is -0.126. The van der Waals surface area contributed by atoms with E-state index in [0.717, 1.165) is 0 Å². The van der Waals surface area contributed by atoms with Gasteiger partial charge >= 0.3 is 0 Å². The van der Waals surface area contributed by atoms with Gasteiger partial charge in [0.15, 0.2) is 0 Å². The van der Waals surface area contributed by atoms with Crippen molar-refractivity contribution in [2.75, 3.05) is 7.05 Å². The Bertz CT molecular complexity index is 833. The highest BCUT2D eigenvalue weighted by molar-refractivity contribution is 6.07. The minimum atomic E-state index is -0.637. The predicted octanol–water partition coefficient (Wildman–Crippen LogP) is 1.90. The molecule has 2 rings (SSSR count). The molecular weight excluding hydrogens is 306 g/mol. The van der Waals surface area contributed by atoms with Crippen molar-refractivity contribution in [1.29, 1.82) is 0 Å². The van der Waals surface area contributed by atoms with E-state index in [1.807, 2.05) is 20.8 Å². The first kappa shape index (κ1) is 17.7. The molecule has 0 aliphatic heterocycles. The molecule has 0 unspecified atom stereocenters. The highest BCUT2D eigenvalue weighted by Gasteiger charge is 2.27. The number of nitrogens with zero attached hydrogens (tertiary/aromatic N) is 1. The minimum absolute atomic E-state index is 0.230. The van der Waals surface area contributed by atoms with Crippen LogP contribution in [0.5, 0.6) is 0 Å². The van der Waals surface area contributed by atoms with Gasteiger partial charge in [0.05, 0.1) is 5.56 Å². The number of amides is 2. The second-order valence-corrected chi connectivity index (χ2v) is 6.91. The Kier molecular flexibility index (Phi) is 4.78. The Balaban J connectivity index is 2.34. The molecule has 128 valence electrons. The Morgan fingerprint density at radius 2 is 1.75 bits per heavy atom. The molecule has 2 amide bonds. The molecule has 6 heteroatoms. The molecule has 0 bridgehead atoms. The fourth-order valence-electron chi connectivity index (χ4n) is 2.40. The molecule has 2 N–H and O–H groups in total. The van der Waals surface area contributed by atoms with Crippen LogP contribution in [-0.4, -0.2) is 40.3 Å². The maximum atomic E-state index is 12.8. The molecule has 0 saturated heterocycles. The van der Waals surface area contributed by atoms with Gasteiger partial charge in [-0.3, -0.25) is 14.4 Å². The number of carbonyl (C=O) groups excluding carboxylic acids is 2. The Labute approximate surface area is 140 Å². The molecule has 0 radical (unpaired) electrons. The van der Waals surface area contributed by atoms with E-state index in [4.69, 9.17) is 0 Å². The fourth-order valence-corrected chi connectivity index (χ4v) is 2.40. The van der Waals surface area contributed by atoms with E-state index in [0.29, 0.717) is 16.3 Å². The van der Waals surface area contributed by atoms with Crippen LogP contribution >= 0.6 is 0 Å². The first-order valence-corrected chi connectivity index (χ1v) is 7.81. The molecule has 0 spiro atoms. The highest BCUT2D eigenvalue weighted by Crippen LogP contribution is 2.17. The van der Waals surface area contributed by atoms with Gasteiger partial charge in [-0.05, 0) is 33.8 Å². The Morgan fingerprint density at radius 3 is 2.33 bits per heavy atom. The number of pyridine rings is 1. The first-order valence-electron chi connectivity index (χ1n) is 7.81. The summed E-state index contributed by atoms with van der Waals surface area (Å²) in [7, 11) is 1.58. The zero-order chi connectivity index (χ0) is 18.1. The summed E-state index contributed by atoms with van der Waals surface area (Å²) in [6.45, 7) is 7.32. The number of nitrogens with one attached hydrogen (secondary N) is 2. The number of rotatable bonds is 3. The van der Waals surface area contributed by atoms with Gasteiger partial charge in [0.25, 0.3) is 11.5 Å². The molecule has 0 saturated carbocycles. The summed E-state index contributed by atoms with van der Waals surface area (Å²) < 4.78 is 0. The molecule has 0 fully saturated rings. The number of H-pyrrole nitrogens is 1. The first-order chi connectivity index (χ1) is 11.1. The number of carbonyl (C=O) groups is 2. The Hall–Kier alpha value is -2.63. The van der Waals surface area contributed by atoms with Gasteiger partial charge in [-0.25, -0.2) is 0 Å². The summed E-state index contributed by atoms with van der Waals surface area (Å²) in [5.74, 6) is -0.550. The lowest BCUT2D eigenvalue weighted by atomic mass is 10.1. The number of aromatic amines is 1. The number of aromatic nitrogens is 1. The van der Waals surface area contributed by atoms with Crippen LogP contribution in [0.4, 0.5) is 0 Å². The summed E-state index contributed by atoms with van der Waals surface area (Å²) >= 11 is 0. The van der Waals surface area contributed by atoms with Crippen LogP contribution in [0.2, 0.25) is 0 Å². The number of likely N-dealkylation sites (N-methyl/N-ethyl adjacent to an activating group) is 1. The third kappa shape index (κ3) is 3.64. The van der Waals surface area contributed by atoms with Crippen molar-refractivity contribution in [3.8, 4) is 0 Å². The van der Waals surface area contributed by atoms with Crippen LogP contribution < -0.4 is 10.9 Å². The van der Waals surface area contributed by atoms with Crippen molar-refractivity contribution in [3.05, 3.63) is 46.4 Å². The smallest absolute Gasteiger partial charge is 0.256 e. The third-order valence-electron chi connectivity index (χ3n) is 3.82. The molecule has 1 aromatic carbocycles. The molecule has 1 atom stereocenters. The fraction of sp³-hybridized carbons (Fsp3) is 0.389. The quantitative estimate of drug-likeness (QED) is 0.902. The van der Waals surface area contributed by atoms with Gasteiger partial charge in [-0.1, -0.05) is 18.2 Å². The van der Waals surface area contributed by atoms with Gasteiger partial charge < -0.3 is 15.2 Å². The van der Waals surface area contributed by atoms with Gasteiger partial charge in [0.1, 0.15) is 6.04 Å². The van der Waals surface area contributed by atoms with Crippen molar-refractivity contribution in [3.63, 3.8) is 0 Å². The number of hydrogen-bond acceptors (Lipinski definition) is 3. The van der Waals surface area contributed by atoms with Crippen LogP contribution in [0.25, 0.3) is 10.8 Å². The van der Waals surface area contributed by atoms with Crippen molar-refractivity contribution in [2.45, 2.75) is 39.3 Å². The lowest BCUT2D eigenvalue weighted by Crippen LogP contribution is -2.51. The molecule has 1 aromatic heterocycles. The van der Waals surface area contributed by atoms with Crippen LogP contribution in [0.15, 0.2) is 35.3 Å². The second kappa shape index (κ2) is 6.47. The number of fused-ring (bicyclic) bond motifs is 1. The second-order valence-electron chi connectivity index (χ2n) is 6.91. The van der Waals surface area contributed by atoms with Crippen LogP contribution in [0.3, 0.4) is 0 Å². The molecule has 2 aromatic rings. The maximum Gasteiger partial charge on any atom is 0.256 e. The van der Waals surface area contributed by atoms with Crippen molar-refractivity contribution >= 4 is 22.6 Å². The standard InChI is InChI=1S/C18H23N3O3/c1-11(15(22)20-18(2,3)4)21(5)17(24)14-10-19-16(23)13-9-7-6-8-12(13)14/h6-11H,1-5H3,(H,19,23)(H,20,22)/t11-/m1/s1. The number of hydrogen-bond donors (Lipinski definition) is 2.